The summed E-state index contributed by atoms with van der Waals surface area (Å²) in [6, 6.07) is 15.7. The zero-order valence-corrected chi connectivity index (χ0v) is 13.6. The highest BCUT2D eigenvalue weighted by Crippen LogP contribution is 2.34. The third-order valence-electron chi connectivity index (χ3n) is 3.23. The molecule has 0 amide bonds. The van der Waals surface area contributed by atoms with Crippen molar-refractivity contribution in [2.45, 2.75) is 0 Å². The Kier molecular flexibility index (Phi) is 4.90. The fourth-order valence-corrected chi connectivity index (χ4v) is 3.02. The minimum Gasteiger partial charge on any atom is -0.491 e. The molecule has 0 aliphatic rings. The summed E-state index contributed by atoms with van der Waals surface area (Å²) in [5.74, 6) is 0.722. The fraction of sp³-hybridized carbons (Fsp3) is 0.167. The van der Waals surface area contributed by atoms with Crippen LogP contribution in [0.25, 0.3) is 21.0 Å². The van der Waals surface area contributed by atoms with Crippen molar-refractivity contribution in [3.8, 4) is 26.8 Å². The summed E-state index contributed by atoms with van der Waals surface area (Å²) < 4.78 is 10.6. The van der Waals surface area contributed by atoms with Crippen molar-refractivity contribution in [2.24, 2.45) is 0 Å². The fourth-order valence-electron chi connectivity index (χ4n) is 2.15. The lowest BCUT2D eigenvalue weighted by Crippen LogP contribution is -2.04. The highest BCUT2D eigenvalue weighted by atomic mass is 32.1. The number of thiazole rings is 1. The van der Waals surface area contributed by atoms with Gasteiger partial charge in [-0.2, -0.15) is 0 Å². The number of nitrogens with two attached hydrogens (primary N) is 1. The maximum absolute atomic E-state index is 5.98. The van der Waals surface area contributed by atoms with Gasteiger partial charge in [0.05, 0.1) is 11.5 Å². The van der Waals surface area contributed by atoms with Crippen LogP contribution in [0.2, 0.25) is 0 Å². The van der Waals surface area contributed by atoms with Crippen LogP contribution in [-0.2, 0) is 4.74 Å². The van der Waals surface area contributed by atoms with Crippen molar-refractivity contribution >= 4 is 17.0 Å². The summed E-state index contributed by atoms with van der Waals surface area (Å²) in [6.07, 6.45) is 3.07. The zero-order valence-electron chi connectivity index (χ0n) is 12.8. The van der Waals surface area contributed by atoms with Crippen LogP contribution >= 0.6 is 11.3 Å². The normalized spacial score (nSPS) is 10.7. The van der Waals surface area contributed by atoms with Gasteiger partial charge >= 0.3 is 0 Å². The monoisotopic (exact) mass is 325 g/mol. The molecule has 0 saturated carbocycles. The Morgan fingerprint density at radius 3 is 2.70 bits per heavy atom. The first-order valence-corrected chi connectivity index (χ1v) is 8.04. The Morgan fingerprint density at radius 2 is 1.91 bits per heavy atom. The molecule has 1 heterocycles. The minimum absolute atomic E-state index is 0.487. The molecule has 0 aliphatic heterocycles. The van der Waals surface area contributed by atoms with Crippen LogP contribution in [0.15, 0.2) is 48.5 Å². The van der Waals surface area contributed by atoms with E-state index in [1.54, 1.807) is 24.5 Å². The predicted molar refractivity (Wildman–Crippen MR) is 93.6 cm³/mol. The van der Waals surface area contributed by atoms with Crippen LogP contribution in [0, 0.1) is 6.20 Å². The number of hydrogen-bond donors (Lipinski definition) is 1. The molecule has 1 aromatic heterocycles. The molecule has 4 nitrogen and oxygen atoms in total. The van der Waals surface area contributed by atoms with E-state index in [2.05, 4.69) is 11.2 Å². The van der Waals surface area contributed by atoms with Crippen molar-refractivity contribution < 1.29 is 9.47 Å². The summed E-state index contributed by atoms with van der Waals surface area (Å²) >= 11 is 1.58. The van der Waals surface area contributed by atoms with Gasteiger partial charge in [-0.05, 0) is 17.7 Å². The summed E-state index contributed by atoms with van der Waals surface area (Å²) in [4.78, 5) is 5.33. The maximum Gasteiger partial charge on any atom is 0.124 e. The lowest BCUT2D eigenvalue weighted by atomic mass is 10.1. The van der Waals surface area contributed by atoms with Crippen molar-refractivity contribution in [1.82, 2.24) is 4.98 Å². The molecule has 3 aromatic rings. The second-order valence-electron chi connectivity index (χ2n) is 4.96. The Balaban J connectivity index is 1.85. The van der Waals surface area contributed by atoms with Crippen molar-refractivity contribution in [3.63, 3.8) is 0 Å². The molecule has 0 fully saturated rings. The molecule has 2 N–H and O–H groups in total. The third kappa shape index (κ3) is 3.88. The molecular weight excluding hydrogens is 308 g/mol. The second kappa shape index (κ2) is 7.26. The van der Waals surface area contributed by atoms with Crippen LogP contribution in [0.4, 0.5) is 5.69 Å². The van der Waals surface area contributed by atoms with Crippen LogP contribution in [0.3, 0.4) is 0 Å². The number of hydrogen-bond acceptors (Lipinski definition) is 5. The summed E-state index contributed by atoms with van der Waals surface area (Å²) in [5, 5.41) is 0.935. The Morgan fingerprint density at radius 1 is 1.09 bits per heavy atom. The summed E-state index contributed by atoms with van der Waals surface area (Å²) in [5.41, 5.74) is 8.67. The van der Waals surface area contributed by atoms with Gasteiger partial charge in [0.1, 0.15) is 23.6 Å². The molecule has 0 spiro atoms. The average molecular weight is 325 g/mol. The smallest absolute Gasteiger partial charge is 0.124 e. The van der Waals surface area contributed by atoms with E-state index in [0.29, 0.717) is 18.9 Å². The average Bonchev–Trinajstić information content (AvgIpc) is 3.06. The van der Waals surface area contributed by atoms with E-state index < -0.39 is 0 Å². The van der Waals surface area contributed by atoms with Crippen LogP contribution < -0.4 is 10.5 Å². The molecule has 117 valence electrons. The SMILES string of the molecule is COCCOc1cc(N)cc(-c2[c]nc(-c3ccccc3)s2)c1. The van der Waals surface area contributed by atoms with E-state index in [-0.39, 0.29) is 0 Å². The predicted octanol–water partition coefficient (Wildman–Crippen LogP) is 3.88. The quantitative estimate of drug-likeness (QED) is 0.552. The number of nitrogens with zero attached hydrogens (tertiary/aromatic N) is 1. The van der Waals surface area contributed by atoms with Crippen molar-refractivity contribution in [3.05, 3.63) is 54.7 Å². The van der Waals surface area contributed by atoms with E-state index in [4.69, 9.17) is 15.2 Å². The van der Waals surface area contributed by atoms with Gasteiger partial charge in [-0.1, -0.05) is 30.3 Å². The molecule has 3 rings (SSSR count). The minimum atomic E-state index is 0.487. The Hall–Kier alpha value is -2.37. The van der Waals surface area contributed by atoms with Crippen molar-refractivity contribution in [2.75, 3.05) is 26.1 Å². The molecule has 5 heteroatoms. The first-order valence-electron chi connectivity index (χ1n) is 7.23. The number of nitrogen functional groups attached to an aromatic ring is 1. The number of methoxy groups -OCH3 is 1. The third-order valence-corrected chi connectivity index (χ3v) is 4.28. The Bertz CT molecular complexity index is 772. The zero-order chi connectivity index (χ0) is 16.1. The molecule has 1 radical (unpaired) electrons. The second-order valence-corrected chi connectivity index (χ2v) is 5.96. The lowest BCUT2D eigenvalue weighted by Gasteiger charge is -2.08. The number of rotatable bonds is 6. The van der Waals surface area contributed by atoms with E-state index in [1.165, 1.54) is 0 Å². The van der Waals surface area contributed by atoms with Crippen LogP contribution in [0.1, 0.15) is 0 Å². The molecule has 0 bridgehead atoms. The highest BCUT2D eigenvalue weighted by Gasteiger charge is 2.09. The van der Waals surface area contributed by atoms with E-state index in [0.717, 1.165) is 26.8 Å². The molecule has 0 atom stereocenters. The van der Waals surface area contributed by atoms with E-state index >= 15 is 0 Å². The standard InChI is InChI=1S/C18H17N2O2S/c1-21-7-8-22-16-10-14(9-15(19)11-16)17-12-20-18(23-17)13-5-3-2-4-6-13/h2-6,9-11H,7-8,19H2,1H3. The van der Waals surface area contributed by atoms with Gasteiger partial charge in [0.15, 0.2) is 0 Å². The molecule has 2 aromatic carbocycles. The van der Waals surface area contributed by atoms with E-state index in [1.807, 2.05) is 42.5 Å². The number of ether oxygens (including phenoxy) is 2. The first-order chi connectivity index (χ1) is 11.3. The van der Waals surface area contributed by atoms with E-state index in [9.17, 15) is 0 Å². The van der Waals surface area contributed by atoms with Crippen molar-refractivity contribution in [1.29, 1.82) is 0 Å². The van der Waals surface area contributed by atoms with Crippen LogP contribution in [-0.4, -0.2) is 25.3 Å². The van der Waals surface area contributed by atoms with Gasteiger partial charge in [-0.15, -0.1) is 11.3 Å². The van der Waals surface area contributed by atoms with Crippen LogP contribution in [0.5, 0.6) is 5.75 Å². The van der Waals surface area contributed by atoms with Gasteiger partial charge < -0.3 is 15.2 Å². The largest absolute Gasteiger partial charge is 0.491 e. The lowest BCUT2D eigenvalue weighted by molar-refractivity contribution is 0.146. The molecule has 0 aliphatic carbocycles. The van der Waals surface area contributed by atoms with Gasteiger partial charge in [-0.3, -0.25) is 0 Å². The van der Waals surface area contributed by atoms with Gasteiger partial charge in [0.2, 0.25) is 0 Å². The maximum atomic E-state index is 5.98. The highest BCUT2D eigenvalue weighted by molar-refractivity contribution is 7.18. The van der Waals surface area contributed by atoms with Gasteiger partial charge in [0, 0.05) is 24.4 Å². The number of benzene rings is 2. The van der Waals surface area contributed by atoms with Gasteiger partial charge in [0.25, 0.3) is 0 Å². The first kappa shape index (κ1) is 15.5. The molecular formula is C18H17N2O2S. The summed E-state index contributed by atoms with van der Waals surface area (Å²) in [6.45, 7) is 1.02. The Labute approximate surface area is 139 Å². The van der Waals surface area contributed by atoms with Gasteiger partial charge in [-0.25, -0.2) is 4.98 Å². The topological polar surface area (TPSA) is 57.4 Å². The summed E-state index contributed by atoms with van der Waals surface area (Å²) in [7, 11) is 1.64. The number of anilines is 1. The molecule has 0 unspecified atom stereocenters. The molecule has 23 heavy (non-hydrogen) atoms. The molecule has 0 saturated heterocycles. The number of aromatic nitrogens is 1.